The van der Waals surface area contributed by atoms with E-state index in [-0.39, 0.29) is 54.6 Å². The number of carbonyl (C=O) groups excluding carboxylic acids is 6. The Morgan fingerprint density at radius 2 is 1.18 bits per heavy atom. The molecule has 0 saturated carbocycles. The number of nitrogen functional groups attached to an aromatic ring is 1. The first-order valence-corrected chi connectivity index (χ1v) is 22.4. The third kappa shape index (κ3) is 19.9. The number of nitrogens with two attached hydrogens (primary N) is 3. The second-order valence-electron chi connectivity index (χ2n) is 15.8. The topological polar surface area (TPSA) is 535 Å². The average Bonchev–Trinajstić information content (AvgIpc) is 3.32. The van der Waals surface area contributed by atoms with E-state index in [2.05, 4.69) is 64.1 Å². The molecule has 2 aromatic heterocycles. The minimum Gasteiger partial charge on any atom is -0.481 e. The van der Waals surface area contributed by atoms with Crippen molar-refractivity contribution in [1.29, 1.82) is 0 Å². The van der Waals surface area contributed by atoms with Crippen molar-refractivity contribution in [1.82, 2.24) is 51.8 Å². The van der Waals surface area contributed by atoms with E-state index in [1.165, 1.54) is 30.5 Å². The van der Waals surface area contributed by atoms with E-state index < -0.39 is 151 Å². The fourth-order valence-corrected chi connectivity index (χ4v) is 6.63. The number of carboxylic acids is 5. The molecule has 0 fully saturated rings. The molecule has 0 spiro atoms. The highest BCUT2D eigenvalue weighted by Gasteiger charge is 2.34. The van der Waals surface area contributed by atoms with Crippen LogP contribution in [0.5, 0.6) is 0 Å². The molecule has 1 aromatic carbocycles. The van der Waals surface area contributed by atoms with E-state index in [4.69, 9.17) is 17.2 Å². The number of carbonyl (C=O) groups is 11. The second kappa shape index (κ2) is 28.6. The van der Waals surface area contributed by atoms with Crippen molar-refractivity contribution in [3.8, 4) is 0 Å². The molecule has 74 heavy (non-hydrogen) atoms. The lowest BCUT2D eigenvalue weighted by atomic mass is 10.0. The maximum Gasteiger partial charge on any atom is 0.327 e. The van der Waals surface area contributed by atoms with Crippen molar-refractivity contribution in [2.75, 3.05) is 23.3 Å². The minimum atomic E-state index is -1.97. The van der Waals surface area contributed by atoms with E-state index in [0.717, 1.165) is 0 Å². The summed E-state index contributed by atoms with van der Waals surface area (Å²) in [5.41, 5.74) is 16.5. The van der Waals surface area contributed by atoms with Crippen molar-refractivity contribution >= 4 is 107 Å². The van der Waals surface area contributed by atoms with Crippen LogP contribution in [-0.4, -0.2) is 165 Å². The zero-order valence-electron chi connectivity index (χ0n) is 38.7. The summed E-state index contributed by atoms with van der Waals surface area (Å²) >= 11 is 3.80. The van der Waals surface area contributed by atoms with Gasteiger partial charge in [0.05, 0.1) is 31.3 Å². The number of fused-ring (bicyclic) bond motifs is 1. The first kappa shape index (κ1) is 59.1. The maximum absolute atomic E-state index is 13.8. The number of aromatic nitrogens is 4. The fraction of sp³-hybridized carbons (Fsp3) is 0.415. The average molecular weight is 1060 g/mol. The normalized spacial score (nSPS) is 13.2. The van der Waals surface area contributed by atoms with Gasteiger partial charge in [0, 0.05) is 36.4 Å². The molecule has 2 heterocycles. The zero-order chi connectivity index (χ0) is 55.2. The number of hydrogen-bond donors (Lipinski definition) is 17. The Balaban J connectivity index is 1.72. The van der Waals surface area contributed by atoms with E-state index in [1.807, 2.05) is 10.6 Å². The van der Waals surface area contributed by atoms with Crippen LogP contribution >= 0.6 is 12.6 Å². The fourth-order valence-electron chi connectivity index (χ4n) is 6.38. The van der Waals surface area contributed by atoms with E-state index in [1.54, 1.807) is 0 Å². The Morgan fingerprint density at radius 3 is 1.72 bits per heavy atom. The van der Waals surface area contributed by atoms with Gasteiger partial charge in [-0.2, -0.15) is 17.6 Å². The van der Waals surface area contributed by atoms with Gasteiger partial charge >= 0.3 is 29.8 Å². The van der Waals surface area contributed by atoms with Gasteiger partial charge in [0.25, 0.3) is 11.5 Å². The number of H-pyrrole nitrogens is 1. The lowest BCUT2D eigenvalue weighted by Crippen LogP contribution is -2.59. The van der Waals surface area contributed by atoms with Crippen molar-refractivity contribution in [3.05, 3.63) is 52.1 Å². The number of carboxylic acid groups (broad SMARTS) is 5. The predicted octanol–water partition coefficient (Wildman–Crippen LogP) is -4.82. The molecular weight excluding hydrogens is 1010 g/mol. The van der Waals surface area contributed by atoms with Gasteiger partial charge in [-0.15, -0.1) is 0 Å². The largest absolute Gasteiger partial charge is 0.481 e. The highest BCUT2D eigenvalue weighted by molar-refractivity contribution is 7.80. The Kier molecular flexibility index (Phi) is 22.9. The van der Waals surface area contributed by atoms with E-state index in [0.29, 0.717) is 11.4 Å². The lowest BCUT2D eigenvalue weighted by Gasteiger charge is -2.26. The molecule has 0 bridgehead atoms. The summed E-state index contributed by atoms with van der Waals surface area (Å²) in [5.74, 6) is -15.9. The van der Waals surface area contributed by atoms with Crippen LogP contribution in [0.15, 0.2) is 40.2 Å². The molecule has 0 aliphatic rings. The second-order valence-corrected chi connectivity index (χ2v) is 16.1. The van der Waals surface area contributed by atoms with Gasteiger partial charge in [-0.05, 0) is 49.9 Å². The highest BCUT2D eigenvalue weighted by Crippen LogP contribution is 2.13. The molecular formula is C41H53N15O17S. The van der Waals surface area contributed by atoms with Gasteiger partial charge in [-0.25, -0.2) is 19.6 Å². The van der Waals surface area contributed by atoms with Crippen molar-refractivity contribution in [2.24, 2.45) is 16.5 Å². The van der Waals surface area contributed by atoms with Gasteiger partial charge < -0.3 is 80.0 Å². The summed E-state index contributed by atoms with van der Waals surface area (Å²) in [7, 11) is 0. The van der Waals surface area contributed by atoms with Crippen molar-refractivity contribution in [2.45, 2.75) is 94.2 Å². The lowest BCUT2D eigenvalue weighted by molar-refractivity contribution is -0.143. The van der Waals surface area contributed by atoms with Gasteiger partial charge in [0.2, 0.25) is 35.5 Å². The number of aromatic amines is 1. The number of nitrogens with one attached hydrogen (secondary N) is 8. The number of aliphatic carboxylic acids is 5. The van der Waals surface area contributed by atoms with Gasteiger partial charge in [-0.3, -0.25) is 57.9 Å². The molecule has 0 aliphatic heterocycles. The number of hydrogen-bond acceptors (Lipinski definition) is 19. The molecule has 3 aromatic rings. The van der Waals surface area contributed by atoms with Crippen LogP contribution < -0.4 is 60.0 Å². The predicted molar refractivity (Wildman–Crippen MR) is 257 cm³/mol. The zero-order valence-corrected chi connectivity index (χ0v) is 39.6. The number of aliphatic imine (C=N–C) groups is 1. The number of thiol groups is 1. The molecule has 3 rings (SSSR count). The molecule has 0 radical (unpaired) electrons. The maximum atomic E-state index is 13.8. The summed E-state index contributed by atoms with van der Waals surface area (Å²) in [6, 6.07) is -5.15. The van der Waals surface area contributed by atoms with E-state index >= 15 is 0 Å². The summed E-state index contributed by atoms with van der Waals surface area (Å²) in [6.45, 7) is -0.0618. The van der Waals surface area contributed by atoms with Gasteiger partial charge in [0.15, 0.2) is 17.1 Å². The van der Waals surface area contributed by atoms with Crippen LogP contribution in [-0.2, 0) is 54.5 Å². The third-order valence-electron chi connectivity index (χ3n) is 10.1. The number of nitrogens with zero attached hydrogens (tertiary/aromatic N) is 4. The van der Waals surface area contributed by atoms with Crippen LogP contribution in [0.2, 0.25) is 0 Å². The van der Waals surface area contributed by atoms with Gasteiger partial charge in [-0.1, -0.05) is 0 Å². The SMILES string of the molecule is NC(N)=NCCCC(NC(=O)C(CC(=O)O)NC(=O)CCC(NC(=O)c1ccc(NCc2cnc3nc(N)[nH]c(=O)c3n2)cc1)C(=O)O)C(=O)NC(CCC(=O)O)C(=O)NC(CC(=O)O)C(=O)NC(CS)C(=O)O. The number of guanidine groups is 1. The van der Waals surface area contributed by atoms with Crippen LogP contribution in [0.1, 0.15) is 67.4 Å². The Labute approximate surface area is 421 Å². The summed E-state index contributed by atoms with van der Waals surface area (Å²) in [5, 5.41) is 63.4. The Hall–Kier alpha value is -9.17. The number of benzene rings is 1. The number of rotatable bonds is 31. The minimum absolute atomic E-state index is 0.00114. The molecule has 33 heteroatoms. The standard InChI is InChI=1S/C41H53N15O17S/c42-40(43)45-11-1-2-20(33(65)51-21(8-10-27(58)59)34(66)53-24(13-29(62)63)36(68)54-25(16-74)39(72)73)50-35(67)23(12-28(60)61)49-26(57)9-7-22(38(70)71)52-32(64)17-3-5-18(6-4-17)46-14-19-15-47-31-30(48-19)37(69)56-41(44)55-31/h3-6,15,20-25,46,74H,1-2,7-14,16H2,(H,49,57)(H,50,67)(H,51,65)(H,52,64)(H,53,66)(H,54,68)(H,58,59)(H,60,61)(H,62,63)(H,70,71)(H,72,73)(H4,42,43,45)(H3,44,47,55,56,69). The van der Waals surface area contributed by atoms with E-state index in [9.17, 15) is 83.1 Å². The molecule has 0 aliphatic carbocycles. The molecule has 6 unspecified atom stereocenters. The van der Waals surface area contributed by atoms with Crippen LogP contribution in [0, 0.1) is 0 Å². The van der Waals surface area contributed by atoms with Crippen molar-refractivity contribution < 1.29 is 78.3 Å². The molecule has 6 amide bonds. The first-order chi connectivity index (χ1) is 34.9. The molecule has 32 nitrogen and oxygen atoms in total. The quantitative estimate of drug-likeness (QED) is 0.0124. The summed E-state index contributed by atoms with van der Waals surface area (Å²) < 4.78 is 0. The van der Waals surface area contributed by atoms with Crippen LogP contribution in [0.4, 0.5) is 11.6 Å². The third-order valence-corrected chi connectivity index (χ3v) is 10.4. The molecule has 400 valence electrons. The summed E-state index contributed by atoms with van der Waals surface area (Å²) in [6.07, 6.45) is -4.05. The monoisotopic (exact) mass is 1060 g/mol. The smallest absolute Gasteiger partial charge is 0.327 e. The Morgan fingerprint density at radius 1 is 0.649 bits per heavy atom. The molecule has 19 N–H and O–H groups in total. The highest BCUT2D eigenvalue weighted by atomic mass is 32.1. The van der Waals surface area contributed by atoms with Crippen molar-refractivity contribution in [3.63, 3.8) is 0 Å². The van der Waals surface area contributed by atoms with Crippen LogP contribution in [0.25, 0.3) is 11.2 Å². The van der Waals surface area contributed by atoms with Gasteiger partial charge in [0.1, 0.15) is 36.3 Å². The Bertz CT molecular complexity index is 2680. The van der Waals surface area contributed by atoms with Crippen LogP contribution in [0.3, 0.4) is 0 Å². The number of amides is 6. The number of anilines is 2. The summed E-state index contributed by atoms with van der Waals surface area (Å²) in [4.78, 5) is 169. The first-order valence-electron chi connectivity index (χ1n) is 21.8. The molecule has 6 atom stereocenters. The molecule has 0 saturated heterocycles.